The van der Waals surface area contributed by atoms with Crippen molar-refractivity contribution in [2.24, 2.45) is 0 Å². The molecule has 67 heavy (non-hydrogen) atoms. The van der Waals surface area contributed by atoms with Gasteiger partial charge in [0.25, 0.3) is 0 Å². The van der Waals surface area contributed by atoms with Crippen molar-refractivity contribution in [1.29, 1.82) is 0 Å². The summed E-state index contributed by atoms with van der Waals surface area (Å²) in [5.74, 6) is 0. The summed E-state index contributed by atoms with van der Waals surface area (Å²) in [6, 6.07) is 76.9. The number of hydrogen-bond acceptors (Lipinski definition) is 4. The van der Waals surface area contributed by atoms with Crippen molar-refractivity contribution in [2.45, 2.75) is 19.3 Å². The highest BCUT2D eigenvalue weighted by Gasteiger charge is 2.36. The largest absolute Gasteiger partial charge is 0.456 e. The molecule has 10 aromatic carbocycles. The summed E-state index contributed by atoms with van der Waals surface area (Å²) in [5.41, 5.74) is 18.9. The third-order valence-electron chi connectivity index (χ3n) is 14.3. The van der Waals surface area contributed by atoms with Crippen LogP contribution in [0.15, 0.2) is 221 Å². The maximum atomic E-state index is 7.10. The molecule has 1 aliphatic rings. The van der Waals surface area contributed by atoms with Crippen molar-refractivity contribution in [2.75, 3.05) is 4.90 Å². The van der Waals surface area contributed by atoms with E-state index in [1.165, 1.54) is 53.6 Å². The van der Waals surface area contributed by atoms with Crippen LogP contribution in [0, 0.1) is 0 Å². The number of furan rings is 2. The maximum absolute atomic E-state index is 7.10. The fraction of sp³-hybridized carbons (Fsp3) is 0.0476. The number of para-hydroxylation sites is 1. The van der Waals surface area contributed by atoms with Crippen LogP contribution >= 0.6 is 11.3 Å². The maximum Gasteiger partial charge on any atom is 0.144 e. The molecule has 0 spiro atoms. The lowest BCUT2D eigenvalue weighted by Gasteiger charge is -2.28. The molecule has 3 heterocycles. The van der Waals surface area contributed by atoms with Gasteiger partial charge in [0, 0.05) is 75.3 Å². The molecule has 13 aromatic rings. The third kappa shape index (κ3) is 5.76. The fourth-order valence-corrected chi connectivity index (χ4v) is 12.2. The SMILES string of the molecule is CC1(C)c2ccccc2-c2ccc(N(c3ccc(-c4ccccc4)cc3)c3ccc(-c4ccc5c(c4)oc4c(-c6cccc7c6sc6ccccc67)c6c(cc45)oc4ccccc46)cc3)cc21. The number of fused-ring (bicyclic) bond motifs is 12. The number of rotatable bonds is 6. The van der Waals surface area contributed by atoms with E-state index in [-0.39, 0.29) is 5.41 Å². The first kappa shape index (κ1) is 38.1. The lowest BCUT2D eigenvalue weighted by Crippen LogP contribution is -2.16. The highest BCUT2D eigenvalue weighted by atomic mass is 32.1. The van der Waals surface area contributed by atoms with E-state index in [4.69, 9.17) is 8.83 Å². The number of hydrogen-bond donors (Lipinski definition) is 0. The van der Waals surface area contributed by atoms with Gasteiger partial charge in [-0.2, -0.15) is 0 Å². The zero-order valence-corrected chi connectivity index (χ0v) is 37.7. The number of thiophene rings is 1. The van der Waals surface area contributed by atoms with E-state index in [1.807, 2.05) is 17.4 Å². The van der Waals surface area contributed by atoms with Crippen LogP contribution < -0.4 is 4.90 Å². The number of anilines is 3. The Bertz CT molecular complexity index is 4110. The molecule has 3 nitrogen and oxygen atoms in total. The monoisotopic (exact) mass is 875 g/mol. The second kappa shape index (κ2) is 14.4. The highest BCUT2D eigenvalue weighted by molar-refractivity contribution is 7.26. The van der Waals surface area contributed by atoms with Crippen LogP contribution in [0.3, 0.4) is 0 Å². The predicted molar refractivity (Wildman–Crippen MR) is 282 cm³/mol. The Morgan fingerprint density at radius 2 is 1.01 bits per heavy atom. The molecule has 1 aliphatic carbocycles. The summed E-state index contributed by atoms with van der Waals surface area (Å²) < 4.78 is 16.3. The van der Waals surface area contributed by atoms with Crippen molar-refractivity contribution >= 4 is 92.4 Å². The molecular formula is C63H41NO2S. The first-order valence-corrected chi connectivity index (χ1v) is 23.8. The number of nitrogens with zero attached hydrogens (tertiary/aromatic N) is 1. The molecule has 0 bridgehead atoms. The normalized spacial score (nSPS) is 13.0. The van der Waals surface area contributed by atoms with Gasteiger partial charge in [-0.1, -0.05) is 159 Å². The Morgan fingerprint density at radius 3 is 1.84 bits per heavy atom. The van der Waals surface area contributed by atoms with E-state index in [2.05, 4.69) is 225 Å². The second-order valence-electron chi connectivity index (χ2n) is 18.4. The Kier molecular flexibility index (Phi) is 8.20. The van der Waals surface area contributed by atoms with Gasteiger partial charge in [-0.25, -0.2) is 0 Å². The van der Waals surface area contributed by atoms with Crippen LogP contribution in [-0.4, -0.2) is 0 Å². The van der Waals surface area contributed by atoms with Crippen LogP contribution in [0.25, 0.3) is 109 Å². The quantitative estimate of drug-likeness (QED) is 0.167. The molecule has 0 radical (unpaired) electrons. The molecule has 0 unspecified atom stereocenters. The molecule has 0 amide bonds. The zero-order chi connectivity index (χ0) is 44.4. The van der Waals surface area contributed by atoms with Crippen molar-refractivity contribution in [3.8, 4) is 44.5 Å². The minimum absolute atomic E-state index is 0.117. The summed E-state index contributed by atoms with van der Waals surface area (Å²) in [6.07, 6.45) is 0. The lowest BCUT2D eigenvalue weighted by molar-refractivity contribution is 0.660. The summed E-state index contributed by atoms with van der Waals surface area (Å²) in [5, 5.41) is 6.81. The van der Waals surface area contributed by atoms with E-state index < -0.39 is 0 Å². The van der Waals surface area contributed by atoms with E-state index in [1.54, 1.807) is 0 Å². The Hall–Kier alpha value is -8.18. The molecule has 0 N–H and O–H groups in total. The van der Waals surface area contributed by atoms with Gasteiger partial charge in [-0.3, -0.25) is 0 Å². The Balaban J connectivity index is 0.895. The molecule has 0 saturated carbocycles. The molecule has 3 aromatic heterocycles. The summed E-state index contributed by atoms with van der Waals surface area (Å²) >= 11 is 1.84. The fourth-order valence-electron chi connectivity index (χ4n) is 11.0. The molecule has 0 aliphatic heterocycles. The summed E-state index contributed by atoms with van der Waals surface area (Å²) in [4.78, 5) is 2.39. The van der Waals surface area contributed by atoms with Crippen LogP contribution in [0.5, 0.6) is 0 Å². The first-order chi connectivity index (χ1) is 33.0. The average Bonchev–Trinajstić information content (AvgIpc) is 4.12. The summed E-state index contributed by atoms with van der Waals surface area (Å²) in [6.45, 7) is 4.70. The van der Waals surface area contributed by atoms with E-state index in [0.29, 0.717) is 0 Å². The van der Waals surface area contributed by atoms with Gasteiger partial charge in [0.2, 0.25) is 0 Å². The Morgan fingerprint density at radius 1 is 0.388 bits per heavy atom. The van der Waals surface area contributed by atoms with Gasteiger partial charge in [0.15, 0.2) is 0 Å². The van der Waals surface area contributed by atoms with E-state index >= 15 is 0 Å². The minimum Gasteiger partial charge on any atom is -0.456 e. The van der Waals surface area contributed by atoms with Crippen LogP contribution in [-0.2, 0) is 5.41 Å². The van der Waals surface area contributed by atoms with Crippen molar-refractivity contribution in [3.05, 3.63) is 223 Å². The molecule has 4 heteroatoms. The van der Waals surface area contributed by atoms with Crippen LogP contribution in [0.2, 0.25) is 0 Å². The predicted octanol–water partition coefficient (Wildman–Crippen LogP) is 18.6. The standard InChI is InChI=1S/C63H41NO2S/c1-63(2)53-20-9-6-15-45(53)46-34-32-44(36-54(46)63)64(42-28-23-39(24-29-42)38-13-4-3-5-14-38)43-30-25-40(26-31-43)41-27-33-47-52-37-57-59(50-17-7-10-21-55(50)65-57)60(61(52)66-56(47)35-41)51-19-12-18-49-48-16-8-11-22-58(48)67-62(49)51/h3-37H,1-2H3. The van der Waals surface area contributed by atoms with Gasteiger partial charge < -0.3 is 13.7 Å². The van der Waals surface area contributed by atoms with Crippen molar-refractivity contribution < 1.29 is 8.83 Å². The topological polar surface area (TPSA) is 29.5 Å². The first-order valence-electron chi connectivity index (χ1n) is 23.0. The van der Waals surface area contributed by atoms with Crippen molar-refractivity contribution in [3.63, 3.8) is 0 Å². The highest BCUT2D eigenvalue weighted by Crippen LogP contribution is 2.52. The van der Waals surface area contributed by atoms with Gasteiger partial charge in [-0.15, -0.1) is 11.3 Å². The van der Waals surface area contributed by atoms with Gasteiger partial charge >= 0.3 is 0 Å². The minimum atomic E-state index is -0.117. The van der Waals surface area contributed by atoms with Gasteiger partial charge in [0.05, 0.1) is 0 Å². The average molecular weight is 876 g/mol. The van der Waals surface area contributed by atoms with Crippen molar-refractivity contribution in [1.82, 2.24) is 0 Å². The molecular weight excluding hydrogens is 835 g/mol. The molecule has 14 rings (SSSR count). The number of benzene rings is 10. The third-order valence-corrected chi connectivity index (χ3v) is 15.5. The zero-order valence-electron chi connectivity index (χ0n) is 36.9. The second-order valence-corrected chi connectivity index (χ2v) is 19.4. The van der Waals surface area contributed by atoms with Gasteiger partial charge in [-0.05, 0) is 111 Å². The molecule has 316 valence electrons. The molecule has 0 fully saturated rings. The van der Waals surface area contributed by atoms with Crippen LogP contribution in [0.4, 0.5) is 17.1 Å². The van der Waals surface area contributed by atoms with Crippen LogP contribution in [0.1, 0.15) is 25.0 Å². The summed E-state index contributed by atoms with van der Waals surface area (Å²) in [7, 11) is 0. The van der Waals surface area contributed by atoms with Gasteiger partial charge in [0.1, 0.15) is 22.3 Å². The smallest absolute Gasteiger partial charge is 0.144 e. The Labute approximate surface area is 391 Å². The van der Waals surface area contributed by atoms with E-state index in [9.17, 15) is 0 Å². The van der Waals surface area contributed by atoms with E-state index in [0.717, 1.165) is 83.2 Å². The molecule has 0 saturated heterocycles. The lowest BCUT2D eigenvalue weighted by atomic mass is 9.82. The molecule has 0 atom stereocenters.